The predicted molar refractivity (Wildman–Crippen MR) is 145 cm³/mol. The number of carbonyl (C=O) groups excluding carboxylic acids is 1. The number of fused-ring (bicyclic) bond motifs is 1. The third kappa shape index (κ3) is 4.55. The summed E-state index contributed by atoms with van der Waals surface area (Å²) in [6.07, 6.45) is 3.32. The third-order valence-electron chi connectivity index (χ3n) is 6.24. The van der Waals surface area contributed by atoms with Gasteiger partial charge < -0.3 is 15.5 Å². The first-order valence-corrected chi connectivity index (χ1v) is 12.7. The summed E-state index contributed by atoms with van der Waals surface area (Å²) in [5, 5.41) is 16.6. The summed E-state index contributed by atoms with van der Waals surface area (Å²) in [6, 6.07) is 5.30. The first-order valence-electron chi connectivity index (χ1n) is 11.9. The highest BCUT2D eigenvalue weighted by Crippen LogP contribution is 2.31. The molecule has 0 radical (unpaired) electrons. The zero-order valence-electron chi connectivity index (χ0n) is 22.0. The van der Waals surface area contributed by atoms with Gasteiger partial charge in [-0.2, -0.15) is 5.10 Å². The lowest BCUT2D eigenvalue weighted by molar-refractivity contribution is -0.129. The van der Waals surface area contributed by atoms with Gasteiger partial charge in [-0.25, -0.2) is 18.4 Å². The first kappa shape index (κ1) is 27.0. The molecule has 3 heterocycles. The monoisotopic (exact) mass is 540 g/mol. The van der Waals surface area contributed by atoms with E-state index in [2.05, 4.69) is 10.4 Å². The fraction of sp³-hybridized carbons (Fsp3) is 0.346. The Hall–Kier alpha value is -4.06. The van der Waals surface area contributed by atoms with E-state index in [0.717, 1.165) is 10.6 Å². The number of nitrogens with zero attached hydrogens (tertiary/aromatic N) is 4. The summed E-state index contributed by atoms with van der Waals surface area (Å²) in [6.45, 7) is 8.02. The highest BCUT2D eigenvalue weighted by atomic mass is 32.1. The van der Waals surface area contributed by atoms with Gasteiger partial charge in [0.2, 0.25) is 5.91 Å². The maximum Gasteiger partial charge on any atom is 0.333 e. The van der Waals surface area contributed by atoms with Crippen molar-refractivity contribution in [3.05, 3.63) is 74.4 Å². The fourth-order valence-corrected chi connectivity index (χ4v) is 5.51. The van der Waals surface area contributed by atoms with E-state index in [9.17, 15) is 18.8 Å². The summed E-state index contributed by atoms with van der Waals surface area (Å²) < 4.78 is 23.2. The van der Waals surface area contributed by atoms with E-state index in [4.69, 9.17) is 10.1 Å². The molecule has 0 aliphatic heterocycles. The average molecular weight is 541 g/mol. The van der Waals surface area contributed by atoms with Crippen molar-refractivity contribution in [3.63, 3.8) is 0 Å². The van der Waals surface area contributed by atoms with Gasteiger partial charge in [-0.05, 0) is 58.9 Å². The molecule has 0 aliphatic carbocycles. The summed E-state index contributed by atoms with van der Waals surface area (Å²) in [4.78, 5) is 41.3. The topological polar surface area (TPSA) is 124 Å². The number of halogens is 1. The predicted octanol–water partition coefficient (Wildman–Crippen LogP) is 3.19. The second kappa shape index (κ2) is 10.0. The van der Waals surface area contributed by atoms with Crippen molar-refractivity contribution in [2.45, 2.75) is 52.7 Å². The first-order chi connectivity index (χ1) is 17.9. The van der Waals surface area contributed by atoms with Crippen LogP contribution in [0.1, 0.15) is 38.8 Å². The number of benzene rings is 1. The molecule has 0 aliphatic rings. The molecule has 1 aromatic carbocycles. The minimum atomic E-state index is -1.55. The molecule has 3 aromatic heterocycles. The molecule has 10 nitrogen and oxygen atoms in total. The van der Waals surface area contributed by atoms with Gasteiger partial charge >= 0.3 is 5.69 Å². The van der Waals surface area contributed by atoms with E-state index in [1.54, 1.807) is 43.9 Å². The molecule has 4 rings (SSSR count). The standard InChI is InChI=1S/C26H29FN6O4S/c1-14(2)30-24(35)26(4,5)33-21(34)20-15(3)22(32-11-7-10-29-32)38-23(20)31(25(33)36)13-18(28)17-12-16(27)8-9-19(17)37-6/h7-12,14,28H,13H2,1-6H3,(H,30,35). The maximum atomic E-state index is 14.1. The SMILES string of the molecule is COc1ccc(F)cc1C(=N)Cn1c(=O)n(C(C)(C)C(=O)NC(C)C)c(=O)c2c(C)c(-n3cccn3)sc21. The van der Waals surface area contributed by atoms with Gasteiger partial charge in [-0.1, -0.05) is 11.3 Å². The zero-order valence-corrected chi connectivity index (χ0v) is 22.8. The number of carbonyl (C=O) groups is 1. The van der Waals surface area contributed by atoms with E-state index in [1.165, 1.54) is 49.0 Å². The van der Waals surface area contributed by atoms with Crippen LogP contribution < -0.4 is 21.3 Å². The molecule has 4 aromatic rings. The largest absolute Gasteiger partial charge is 0.496 e. The van der Waals surface area contributed by atoms with E-state index in [-0.39, 0.29) is 35.0 Å². The van der Waals surface area contributed by atoms with Gasteiger partial charge in [-0.3, -0.25) is 14.2 Å². The Morgan fingerprint density at radius 1 is 1.29 bits per heavy atom. The Morgan fingerprint density at radius 3 is 2.61 bits per heavy atom. The summed E-state index contributed by atoms with van der Waals surface area (Å²) in [5.74, 6) is -0.794. The number of hydrogen-bond donors (Lipinski definition) is 2. The number of nitrogens with one attached hydrogen (secondary N) is 2. The zero-order chi connectivity index (χ0) is 27.9. The second-order valence-corrected chi connectivity index (χ2v) is 10.7. The minimum Gasteiger partial charge on any atom is -0.496 e. The van der Waals surface area contributed by atoms with Crippen LogP contribution >= 0.6 is 11.3 Å². The normalized spacial score (nSPS) is 11.8. The van der Waals surface area contributed by atoms with Crippen LogP contribution in [0.3, 0.4) is 0 Å². The van der Waals surface area contributed by atoms with Crippen LogP contribution in [0.15, 0.2) is 46.2 Å². The Balaban J connectivity index is 2.02. The number of thiophene rings is 1. The molecular weight excluding hydrogens is 511 g/mol. The number of methoxy groups -OCH3 is 1. The highest BCUT2D eigenvalue weighted by molar-refractivity contribution is 7.21. The van der Waals surface area contributed by atoms with Gasteiger partial charge in [-0.15, -0.1) is 0 Å². The number of aromatic nitrogens is 4. The van der Waals surface area contributed by atoms with Crippen molar-refractivity contribution in [1.29, 1.82) is 5.41 Å². The molecule has 0 bridgehead atoms. The molecule has 2 N–H and O–H groups in total. The average Bonchev–Trinajstić information content (AvgIpc) is 3.49. The van der Waals surface area contributed by atoms with E-state index in [0.29, 0.717) is 15.4 Å². The Bertz CT molecular complexity index is 1660. The van der Waals surface area contributed by atoms with Crippen LogP contribution in [0.5, 0.6) is 5.75 Å². The molecule has 1 amide bonds. The van der Waals surface area contributed by atoms with Crippen molar-refractivity contribution >= 4 is 33.2 Å². The molecule has 38 heavy (non-hydrogen) atoms. The van der Waals surface area contributed by atoms with Crippen LogP contribution in [0.4, 0.5) is 4.39 Å². The lowest BCUT2D eigenvalue weighted by Gasteiger charge is -2.27. The number of hydrogen-bond acceptors (Lipinski definition) is 7. The summed E-state index contributed by atoms with van der Waals surface area (Å²) in [5.41, 5.74) is -2.29. The van der Waals surface area contributed by atoms with Gasteiger partial charge in [0.15, 0.2) is 0 Å². The maximum absolute atomic E-state index is 14.1. The molecule has 0 saturated carbocycles. The third-order valence-corrected chi connectivity index (χ3v) is 7.54. The Kier molecular flexibility index (Phi) is 7.11. The van der Waals surface area contributed by atoms with Crippen LogP contribution in [0.25, 0.3) is 15.2 Å². The smallest absolute Gasteiger partial charge is 0.333 e. The second-order valence-electron chi connectivity index (χ2n) is 9.68. The Morgan fingerprint density at radius 2 is 2.00 bits per heavy atom. The lowest BCUT2D eigenvalue weighted by Crippen LogP contribution is -2.56. The van der Waals surface area contributed by atoms with Gasteiger partial charge in [0.05, 0.1) is 24.8 Å². The van der Waals surface area contributed by atoms with Crippen molar-refractivity contribution in [1.82, 2.24) is 24.2 Å². The van der Waals surface area contributed by atoms with Crippen LogP contribution in [0, 0.1) is 18.2 Å². The van der Waals surface area contributed by atoms with Crippen LogP contribution in [-0.4, -0.2) is 43.7 Å². The molecule has 0 atom stereocenters. The molecule has 200 valence electrons. The quantitative estimate of drug-likeness (QED) is 0.332. The van der Waals surface area contributed by atoms with E-state index in [1.807, 2.05) is 0 Å². The number of amides is 1. The van der Waals surface area contributed by atoms with Crippen molar-refractivity contribution in [2.75, 3.05) is 7.11 Å². The molecule has 0 saturated heterocycles. The summed E-state index contributed by atoms with van der Waals surface area (Å²) in [7, 11) is 1.41. The van der Waals surface area contributed by atoms with E-state index >= 15 is 0 Å². The number of ether oxygens (including phenoxy) is 1. The molecule has 12 heteroatoms. The van der Waals surface area contributed by atoms with Crippen molar-refractivity contribution in [2.24, 2.45) is 0 Å². The summed E-state index contributed by atoms with van der Waals surface area (Å²) >= 11 is 1.17. The van der Waals surface area contributed by atoms with Crippen LogP contribution in [-0.2, 0) is 16.9 Å². The van der Waals surface area contributed by atoms with Crippen LogP contribution in [0.2, 0.25) is 0 Å². The van der Waals surface area contributed by atoms with E-state index < -0.39 is 28.5 Å². The highest BCUT2D eigenvalue weighted by Gasteiger charge is 2.36. The fourth-order valence-electron chi connectivity index (χ4n) is 4.27. The van der Waals surface area contributed by atoms with Gasteiger partial charge in [0, 0.05) is 29.6 Å². The molecular formula is C26H29FN6O4S. The molecule has 0 spiro atoms. The van der Waals surface area contributed by atoms with Gasteiger partial charge in [0.1, 0.15) is 26.9 Å². The minimum absolute atomic E-state index is 0.105. The Labute approximate surface area is 221 Å². The molecule has 0 unspecified atom stereocenters. The van der Waals surface area contributed by atoms with Gasteiger partial charge in [0.25, 0.3) is 5.56 Å². The number of aryl methyl sites for hydroxylation is 1. The van der Waals surface area contributed by atoms with Crippen molar-refractivity contribution < 1.29 is 13.9 Å². The van der Waals surface area contributed by atoms with Crippen molar-refractivity contribution in [3.8, 4) is 10.8 Å². The number of rotatable bonds is 8. The lowest BCUT2D eigenvalue weighted by atomic mass is 10.0. The molecule has 0 fully saturated rings.